The molecular formula is C18H19NO. The van der Waals surface area contributed by atoms with Crippen molar-refractivity contribution in [2.75, 3.05) is 0 Å². The number of rotatable bonds is 3. The highest BCUT2D eigenvalue weighted by molar-refractivity contribution is 5.70. The van der Waals surface area contributed by atoms with E-state index in [1.165, 1.54) is 16.7 Å². The zero-order valence-corrected chi connectivity index (χ0v) is 12.4. The fourth-order valence-corrected chi connectivity index (χ4v) is 2.18. The summed E-state index contributed by atoms with van der Waals surface area (Å²) in [4.78, 5) is 0. The molecule has 2 heteroatoms. The average Bonchev–Trinajstić information content (AvgIpc) is 2.41. The maximum absolute atomic E-state index is 9.16. The number of hydrogen-bond acceptors (Lipinski definition) is 2. The lowest BCUT2D eigenvalue weighted by Crippen LogP contribution is -2.07. The molecule has 2 aromatic carbocycles. The highest BCUT2D eigenvalue weighted by Gasteiger charge is 2.09. The third-order valence-corrected chi connectivity index (χ3v) is 3.17. The van der Waals surface area contributed by atoms with Gasteiger partial charge >= 0.3 is 0 Å². The summed E-state index contributed by atoms with van der Waals surface area (Å²) in [6.07, 6.45) is 0.0518. The van der Waals surface area contributed by atoms with E-state index in [0.717, 1.165) is 5.56 Å². The van der Waals surface area contributed by atoms with Crippen molar-refractivity contribution in [2.45, 2.75) is 33.8 Å². The van der Waals surface area contributed by atoms with Crippen molar-refractivity contribution in [1.29, 1.82) is 5.26 Å². The van der Waals surface area contributed by atoms with Crippen LogP contribution in [0, 0.1) is 25.2 Å². The topological polar surface area (TPSA) is 33.0 Å². The van der Waals surface area contributed by atoms with E-state index >= 15 is 0 Å². The summed E-state index contributed by atoms with van der Waals surface area (Å²) in [5.41, 5.74) is 5.29. The van der Waals surface area contributed by atoms with Gasteiger partial charge in [-0.1, -0.05) is 29.8 Å². The maximum atomic E-state index is 9.16. The first-order valence-electron chi connectivity index (χ1n) is 6.79. The largest absolute Gasteiger partial charge is 0.490 e. The second-order valence-corrected chi connectivity index (χ2v) is 5.31. The molecule has 0 heterocycles. The van der Waals surface area contributed by atoms with Gasteiger partial charge in [0.25, 0.3) is 0 Å². The molecule has 102 valence electrons. The predicted octanol–water partition coefficient (Wildman–Crippen LogP) is 4.63. The molecule has 0 N–H and O–H groups in total. The third kappa shape index (κ3) is 3.00. The quantitative estimate of drug-likeness (QED) is 0.810. The Kier molecular flexibility index (Phi) is 4.10. The van der Waals surface area contributed by atoms with Crippen LogP contribution < -0.4 is 4.74 Å². The molecule has 0 aliphatic carbocycles. The van der Waals surface area contributed by atoms with Gasteiger partial charge in [-0.25, -0.2) is 0 Å². The van der Waals surface area contributed by atoms with Crippen LogP contribution in [-0.2, 0) is 0 Å². The fraction of sp³-hybridized carbons (Fsp3) is 0.278. The van der Waals surface area contributed by atoms with Crippen molar-refractivity contribution in [2.24, 2.45) is 0 Å². The van der Waals surface area contributed by atoms with Crippen LogP contribution in [0.4, 0.5) is 0 Å². The average molecular weight is 265 g/mol. The minimum Gasteiger partial charge on any atom is -0.490 e. The summed E-state index contributed by atoms with van der Waals surface area (Å²) in [7, 11) is 0. The molecule has 0 aliphatic rings. The molecule has 0 fully saturated rings. The molecule has 20 heavy (non-hydrogen) atoms. The first-order chi connectivity index (χ1) is 9.51. The summed E-state index contributed by atoms with van der Waals surface area (Å²) >= 11 is 0. The van der Waals surface area contributed by atoms with Crippen LogP contribution in [0.2, 0.25) is 0 Å². The van der Waals surface area contributed by atoms with Crippen molar-refractivity contribution in [3.8, 4) is 22.9 Å². The molecule has 0 spiro atoms. The number of hydrogen-bond donors (Lipinski definition) is 0. The highest BCUT2D eigenvalue weighted by Crippen LogP contribution is 2.30. The van der Waals surface area contributed by atoms with E-state index in [9.17, 15) is 0 Å². The van der Waals surface area contributed by atoms with E-state index in [0.29, 0.717) is 11.3 Å². The molecule has 0 radical (unpaired) electrons. The van der Waals surface area contributed by atoms with Crippen LogP contribution in [0.25, 0.3) is 11.1 Å². The molecule has 2 nitrogen and oxygen atoms in total. The minimum absolute atomic E-state index is 0.0518. The normalized spacial score (nSPS) is 10.4. The van der Waals surface area contributed by atoms with E-state index in [4.69, 9.17) is 10.00 Å². The Balaban J connectivity index is 2.53. The Morgan fingerprint density at radius 2 is 1.80 bits per heavy atom. The summed E-state index contributed by atoms with van der Waals surface area (Å²) < 4.78 is 5.75. The van der Waals surface area contributed by atoms with E-state index in [2.05, 4.69) is 38.1 Å². The van der Waals surface area contributed by atoms with Crippen LogP contribution in [0.1, 0.15) is 30.5 Å². The lowest BCUT2D eigenvalue weighted by molar-refractivity contribution is 0.242. The van der Waals surface area contributed by atoms with Gasteiger partial charge in [0.15, 0.2) is 0 Å². The molecule has 0 unspecified atom stereocenters. The second kappa shape index (κ2) is 5.79. The van der Waals surface area contributed by atoms with Gasteiger partial charge in [-0.15, -0.1) is 0 Å². The number of nitrogens with zero attached hydrogens (tertiary/aromatic N) is 1. The van der Waals surface area contributed by atoms with E-state index in [-0.39, 0.29) is 6.10 Å². The lowest BCUT2D eigenvalue weighted by atomic mass is 9.97. The van der Waals surface area contributed by atoms with Crippen molar-refractivity contribution in [3.05, 3.63) is 53.1 Å². The smallest absolute Gasteiger partial charge is 0.138 e. The third-order valence-electron chi connectivity index (χ3n) is 3.17. The van der Waals surface area contributed by atoms with Crippen molar-refractivity contribution in [3.63, 3.8) is 0 Å². The Hall–Kier alpha value is -2.27. The van der Waals surface area contributed by atoms with Gasteiger partial charge in [-0.3, -0.25) is 0 Å². The molecule has 2 rings (SSSR count). The summed E-state index contributed by atoms with van der Waals surface area (Å²) in [6.45, 7) is 8.10. The molecule has 0 aromatic heterocycles. The number of ether oxygens (including phenoxy) is 1. The monoisotopic (exact) mass is 265 g/mol. The summed E-state index contributed by atoms with van der Waals surface area (Å²) in [5, 5.41) is 9.16. The van der Waals surface area contributed by atoms with Crippen LogP contribution >= 0.6 is 0 Å². The number of benzene rings is 2. The van der Waals surface area contributed by atoms with E-state index in [1.807, 2.05) is 32.0 Å². The Labute approximate surface area is 120 Å². The first-order valence-corrected chi connectivity index (χ1v) is 6.79. The second-order valence-electron chi connectivity index (χ2n) is 5.31. The molecule has 0 saturated carbocycles. The lowest BCUT2D eigenvalue weighted by Gasteiger charge is -2.14. The standard InChI is InChI=1S/C18H19NO/c1-12(2)20-18-10-15(7-8-16(18)11-19)17-9-13(3)5-6-14(17)4/h5-10,12H,1-4H3. The predicted molar refractivity (Wildman–Crippen MR) is 81.8 cm³/mol. The molecule has 0 amide bonds. The molecule has 0 atom stereocenters. The zero-order valence-electron chi connectivity index (χ0n) is 12.4. The maximum Gasteiger partial charge on any atom is 0.138 e. The Morgan fingerprint density at radius 1 is 1.05 bits per heavy atom. The van der Waals surface area contributed by atoms with E-state index in [1.54, 1.807) is 0 Å². The van der Waals surface area contributed by atoms with Crippen LogP contribution in [-0.4, -0.2) is 6.10 Å². The zero-order chi connectivity index (χ0) is 14.7. The van der Waals surface area contributed by atoms with Gasteiger partial charge in [-0.2, -0.15) is 5.26 Å². The van der Waals surface area contributed by atoms with E-state index < -0.39 is 0 Å². The van der Waals surface area contributed by atoms with Gasteiger partial charge in [-0.05, 0) is 56.5 Å². The Morgan fingerprint density at radius 3 is 2.45 bits per heavy atom. The van der Waals surface area contributed by atoms with Gasteiger partial charge < -0.3 is 4.74 Å². The summed E-state index contributed by atoms with van der Waals surface area (Å²) in [5.74, 6) is 0.654. The first kappa shape index (κ1) is 14.1. The molecular weight excluding hydrogens is 246 g/mol. The molecule has 0 saturated heterocycles. The number of aryl methyl sites for hydroxylation is 2. The van der Waals surface area contributed by atoms with Crippen molar-refractivity contribution >= 4 is 0 Å². The summed E-state index contributed by atoms with van der Waals surface area (Å²) in [6, 6.07) is 14.3. The highest BCUT2D eigenvalue weighted by atomic mass is 16.5. The minimum atomic E-state index is 0.0518. The molecule has 0 aliphatic heterocycles. The van der Waals surface area contributed by atoms with Crippen LogP contribution in [0.5, 0.6) is 5.75 Å². The van der Waals surface area contributed by atoms with Gasteiger partial charge in [0.05, 0.1) is 11.7 Å². The van der Waals surface area contributed by atoms with Gasteiger partial charge in [0.2, 0.25) is 0 Å². The van der Waals surface area contributed by atoms with Gasteiger partial charge in [0.1, 0.15) is 11.8 Å². The van der Waals surface area contributed by atoms with Crippen molar-refractivity contribution in [1.82, 2.24) is 0 Å². The molecule has 2 aromatic rings. The van der Waals surface area contributed by atoms with Crippen molar-refractivity contribution < 1.29 is 4.74 Å². The number of nitriles is 1. The molecule has 0 bridgehead atoms. The van der Waals surface area contributed by atoms with Gasteiger partial charge in [0, 0.05) is 0 Å². The van der Waals surface area contributed by atoms with Crippen LogP contribution in [0.15, 0.2) is 36.4 Å². The SMILES string of the molecule is Cc1ccc(C)c(-c2ccc(C#N)c(OC(C)C)c2)c1. The Bertz CT molecular complexity index is 666. The fourth-order valence-electron chi connectivity index (χ4n) is 2.18. The van der Waals surface area contributed by atoms with Crippen LogP contribution in [0.3, 0.4) is 0 Å².